The molecule has 0 radical (unpaired) electrons. The molecule has 0 unspecified atom stereocenters. The summed E-state index contributed by atoms with van der Waals surface area (Å²) in [6.07, 6.45) is 26.3. The van der Waals surface area contributed by atoms with Gasteiger partial charge in [0.1, 0.15) is 0 Å². The second kappa shape index (κ2) is 10.2. The van der Waals surface area contributed by atoms with Gasteiger partial charge >= 0.3 is 0 Å². The predicted octanol–water partition coefficient (Wildman–Crippen LogP) is 8.17. The zero-order valence-electron chi connectivity index (χ0n) is 17.1. The summed E-state index contributed by atoms with van der Waals surface area (Å²) in [7, 11) is 0. The molecule has 0 saturated heterocycles. The van der Waals surface area contributed by atoms with Crippen LogP contribution < -0.4 is 0 Å². The predicted molar refractivity (Wildman–Crippen MR) is 111 cm³/mol. The van der Waals surface area contributed by atoms with E-state index in [1.807, 2.05) is 0 Å². The first-order valence-electron chi connectivity index (χ1n) is 11.9. The molecule has 0 heteroatoms. The molecule has 0 aliphatic heterocycles. The lowest BCUT2D eigenvalue weighted by atomic mass is 9.64. The molecule has 0 aromatic carbocycles. The Hall–Kier alpha value is -0.260. The lowest BCUT2D eigenvalue weighted by Gasteiger charge is -2.41. The van der Waals surface area contributed by atoms with Crippen LogP contribution in [0.3, 0.4) is 0 Å². The van der Waals surface area contributed by atoms with Crippen molar-refractivity contribution in [1.82, 2.24) is 0 Å². The summed E-state index contributed by atoms with van der Waals surface area (Å²) in [5.41, 5.74) is 0. The Kier molecular flexibility index (Phi) is 7.93. The Bertz CT molecular complexity index is 359. The first kappa shape index (κ1) is 19.5. The van der Waals surface area contributed by atoms with Gasteiger partial charge in [-0.1, -0.05) is 51.5 Å². The second-order valence-corrected chi connectivity index (χ2v) is 9.89. The normalized spacial score (nSPS) is 39.9. The van der Waals surface area contributed by atoms with Gasteiger partial charge in [-0.05, 0) is 99.7 Å². The molecule has 0 aromatic rings. The third-order valence-electron chi connectivity index (χ3n) is 8.41. The van der Waals surface area contributed by atoms with E-state index in [1.54, 1.807) is 64.2 Å². The van der Waals surface area contributed by atoms with Gasteiger partial charge in [0.2, 0.25) is 0 Å². The van der Waals surface area contributed by atoms with E-state index in [0.29, 0.717) is 0 Å². The van der Waals surface area contributed by atoms with Crippen LogP contribution in [0.25, 0.3) is 0 Å². The van der Waals surface area contributed by atoms with Gasteiger partial charge in [0.05, 0.1) is 0 Å². The van der Waals surface area contributed by atoms with E-state index in [4.69, 9.17) is 0 Å². The summed E-state index contributed by atoms with van der Waals surface area (Å²) in [4.78, 5) is 0. The third kappa shape index (κ3) is 5.61. The van der Waals surface area contributed by atoms with Crippen LogP contribution in [0.2, 0.25) is 0 Å². The highest BCUT2D eigenvalue weighted by Gasteiger charge is 2.34. The first-order valence-corrected chi connectivity index (χ1v) is 11.9. The maximum absolute atomic E-state index is 3.89. The smallest absolute Gasteiger partial charge is 0.0351 e. The molecule has 0 spiro atoms. The molecule has 0 N–H and O–H groups in total. The molecule has 0 amide bonds. The van der Waals surface area contributed by atoms with Crippen molar-refractivity contribution in [2.75, 3.05) is 0 Å². The molecular formula is C25H44. The molecule has 0 aromatic heterocycles. The minimum atomic E-state index is 1.02. The van der Waals surface area contributed by atoms with Crippen molar-refractivity contribution < 1.29 is 0 Å². The molecule has 144 valence electrons. The monoisotopic (exact) mass is 344 g/mol. The zero-order valence-corrected chi connectivity index (χ0v) is 17.1. The Balaban J connectivity index is 1.35. The molecule has 0 nitrogen and oxygen atoms in total. The molecule has 0 heterocycles. The summed E-state index contributed by atoms with van der Waals surface area (Å²) in [6.45, 7) is 6.25. The van der Waals surface area contributed by atoms with Gasteiger partial charge in [-0.2, -0.15) is 0 Å². The van der Waals surface area contributed by atoms with Crippen molar-refractivity contribution in [3.8, 4) is 0 Å². The lowest BCUT2D eigenvalue weighted by Crippen LogP contribution is -2.29. The van der Waals surface area contributed by atoms with Gasteiger partial charge in [0.25, 0.3) is 0 Å². The molecule has 25 heavy (non-hydrogen) atoms. The van der Waals surface area contributed by atoms with Crippen LogP contribution in [0, 0.1) is 35.5 Å². The van der Waals surface area contributed by atoms with Crippen molar-refractivity contribution in [3.63, 3.8) is 0 Å². The van der Waals surface area contributed by atoms with Crippen LogP contribution in [0.4, 0.5) is 0 Å². The van der Waals surface area contributed by atoms with Crippen LogP contribution in [0.15, 0.2) is 12.7 Å². The molecule has 3 aliphatic carbocycles. The summed E-state index contributed by atoms with van der Waals surface area (Å²) in [6, 6.07) is 0. The average Bonchev–Trinajstić information content (AvgIpc) is 2.68. The fourth-order valence-electron chi connectivity index (χ4n) is 6.75. The SMILES string of the molecule is C=CCCC1CCC(C2CCC(C3CCC(CCC)CC3)CC2)CC1. The average molecular weight is 345 g/mol. The van der Waals surface area contributed by atoms with Crippen molar-refractivity contribution in [3.05, 3.63) is 12.7 Å². The van der Waals surface area contributed by atoms with Crippen molar-refractivity contribution >= 4 is 0 Å². The molecule has 0 bridgehead atoms. The van der Waals surface area contributed by atoms with Gasteiger partial charge in [-0.15, -0.1) is 6.58 Å². The van der Waals surface area contributed by atoms with Crippen molar-refractivity contribution in [2.24, 2.45) is 35.5 Å². The zero-order chi connectivity index (χ0) is 17.5. The fourth-order valence-corrected chi connectivity index (χ4v) is 6.75. The maximum atomic E-state index is 3.89. The van der Waals surface area contributed by atoms with Crippen LogP contribution in [-0.4, -0.2) is 0 Å². The molecule has 0 atom stereocenters. The molecular weight excluding hydrogens is 300 g/mol. The van der Waals surface area contributed by atoms with Gasteiger partial charge in [-0.3, -0.25) is 0 Å². The number of allylic oxidation sites excluding steroid dienone is 1. The van der Waals surface area contributed by atoms with E-state index in [9.17, 15) is 0 Å². The Labute approximate surface area is 158 Å². The standard InChI is InChI=1S/C25H44/c1-3-5-7-21-10-14-23(15-11-21)25-18-16-24(17-19-25)22-12-8-20(6-4-2)9-13-22/h3,20-25H,1,4-19H2,2H3. The number of rotatable bonds is 7. The highest BCUT2D eigenvalue weighted by atomic mass is 14.4. The Morgan fingerprint density at radius 2 is 0.960 bits per heavy atom. The first-order chi connectivity index (χ1) is 12.3. The van der Waals surface area contributed by atoms with Gasteiger partial charge in [0, 0.05) is 0 Å². The van der Waals surface area contributed by atoms with Crippen LogP contribution in [0.5, 0.6) is 0 Å². The number of hydrogen-bond acceptors (Lipinski definition) is 0. The van der Waals surface area contributed by atoms with Crippen LogP contribution >= 0.6 is 0 Å². The van der Waals surface area contributed by atoms with E-state index in [0.717, 1.165) is 35.5 Å². The summed E-state index contributed by atoms with van der Waals surface area (Å²) >= 11 is 0. The van der Waals surface area contributed by atoms with Crippen molar-refractivity contribution in [2.45, 2.75) is 110 Å². The largest absolute Gasteiger partial charge is 0.103 e. The highest BCUT2D eigenvalue weighted by molar-refractivity contribution is 4.86. The third-order valence-corrected chi connectivity index (χ3v) is 8.41. The molecule has 3 fully saturated rings. The maximum Gasteiger partial charge on any atom is -0.0351 e. The summed E-state index contributed by atoms with van der Waals surface area (Å²) < 4.78 is 0. The topological polar surface area (TPSA) is 0 Å². The number of hydrogen-bond donors (Lipinski definition) is 0. The van der Waals surface area contributed by atoms with Gasteiger partial charge < -0.3 is 0 Å². The summed E-state index contributed by atoms with van der Waals surface area (Å²) in [5, 5.41) is 0. The van der Waals surface area contributed by atoms with Gasteiger partial charge in [0.15, 0.2) is 0 Å². The van der Waals surface area contributed by atoms with Gasteiger partial charge in [-0.25, -0.2) is 0 Å². The van der Waals surface area contributed by atoms with E-state index in [1.165, 1.54) is 38.5 Å². The Morgan fingerprint density at radius 3 is 1.32 bits per heavy atom. The molecule has 3 saturated carbocycles. The lowest BCUT2D eigenvalue weighted by molar-refractivity contribution is 0.103. The minimum absolute atomic E-state index is 1.02. The minimum Gasteiger partial charge on any atom is -0.103 e. The van der Waals surface area contributed by atoms with Crippen molar-refractivity contribution in [1.29, 1.82) is 0 Å². The van der Waals surface area contributed by atoms with Crippen LogP contribution in [0.1, 0.15) is 110 Å². The van der Waals surface area contributed by atoms with E-state index >= 15 is 0 Å². The molecule has 3 rings (SSSR count). The van der Waals surface area contributed by atoms with E-state index in [2.05, 4.69) is 19.6 Å². The summed E-state index contributed by atoms with van der Waals surface area (Å²) in [5.74, 6) is 6.47. The Morgan fingerprint density at radius 1 is 0.600 bits per heavy atom. The fraction of sp³-hybridized carbons (Fsp3) is 0.920. The van der Waals surface area contributed by atoms with E-state index in [-0.39, 0.29) is 0 Å². The second-order valence-electron chi connectivity index (χ2n) is 9.89. The quantitative estimate of drug-likeness (QED) is 0.408. The molecule has 3 aliphatic rings. The highest BCUT2D eigenvalue weighted by Crippen LogP contribution is 2.46. The van der Waals surface area contributed by atoms with Crippen LogP contribution in [-0.2, 0) is 0 Å². The van der Waals surface area contributed by atoms with E-state index < -0.39 is 0 Å².